The minimum atomic E-state index is -0.615. The predicted molar refractivity (Wildman–Crippen MR) is 211 cm³/mol. The number of benzene rings is 3. The van der Waals surface area contributed by atoms with E-state index in [-0.39, 0.29) is 42.2 Å². The molecule has 1 aliphatic carbocycles. The van der Waals surface area contributed by atoms with Gasteiger partial charge in [0.25, 0.3) is 17.7 Å². The molecule has 3 aromatic carbocycles. The Morgan fingerprint density at radius 2 is 1.56 bits per heavy atom. The van der Waals surface area contributed by atoms with E-state index >= 15 is 0 Å². The van der Waals surface area contributed by atoms with Gasteiger partial charge in [0.1, 0.15) is 24.0 Å². The van der Waals surface area contributed by atoms with Gasteiger partial charge in [0.2, 0.25) is 11.8 Å². The molecule has 12 nitrogen and oxygen atoms in total. The zero-order chi connectivity index (χ0) is 40.4. The Labute approximate surface area is 337 Å². The Morgan fingerprint density at radius 1 is 0.895 bits per heavy atom. The number of amides is 5. The molecule has 0 bridgehead atoms. The van der Waals surface area contributed by atoms with Gasteiger partial charge in [-0.1, -0.05) is 45.4 Å². The van der Waals surface area contributed by atoms with Gasteiger partial charge in [-0.05, 0) is 84.3 Å². The number of carbonyl (C=O) groups excluding carboxylic acids is 5. The van der Waals surface area contributed by atoms with Crippen LogP contribution in [0, 0.1) is 28.1 Å². The van der Waals surface area contributed by atoms with Gasteiger partial charge in [-0.2, -0.15) is 5.26 Å². The second-order valence-electron chi connectivity index (χ2n) is 17.5. The molecule has 2 N–H and O–H groups in total. The van der Waals surface area contributed by atoms with Crippen molar-refractivity contribution in [1.29, 1.82) is 5.26 Å². The standard InChI is InChI=1S/C44H47ClN6O6/c1-43(2)41(44(3,4)42(43)57-32-10-9-28(20-46)34(45)19-32)48-37(53)26-5-7-27(8-6-26)39(55)50-15-13-25(14-16-50)21-49-22-29-17-31-24-51(35-11-12-36(52)47-38(35)54)40(56)33(31)18-30(29)23-49/h5-10,17-19,25,35,41-42H,11-16,21-24H2,1-4H3,(H,48,53)(H,47,52,54). The molecule has 2 saturated heterocycles. The molecule has 3 fully saturated rings. The fraction of sp³-hybridized carbons (Fsp3) is 0.455. The van der Waals surface area contributed by atoms with Gasteiger partial charge >= 0.3 is 0 Å². The van der Waals surface area contributed by atoms with Crippen molar-refractivity contribution >= 4 is 41.1 Å². The molecule has 4 heterocycles. The van der Waals surface area contributed by atoms with E-state index in [0.717, 1.165) is 43.6 Å². The third-order valence-electron chi connectivity index (χ3n) is 12.9. The Hall–Kier alpha value is -5.25. The average molecular weight is 791 g/mol. The number of halogens is 1. The van der Waals surface area contributed by atoms with E-state index in [1.165, 1.54) is 5.56 Å². The molecule has 5 amide bonds. The topological polar surface area (TPSA) is 152 Å². The van der Waals surface area contributed by atoms with Crippen LogP contribution in [0.5, 0.6) is 5.75 Å². The summed E-state index contributed by atoms with van der Waals surface area (Å²) >= 11 is 6.24. The van der Waals surface area contributed by atoms with Crippen LogP contribution in [-0.4, -0.2) is 82.1 Å². The van der Waals surface area contributed by atoms with Gasteiger partial charge in [0.15, 0.2) is 0 Å². The molecule has 1 unspecified atom stereocenters. The fourth-order valence-electron chi connectivity index (χ4n) is 10.1. The van der Waals surface area contributed by atoms with Crippen LogP contribution in [0.1, 0.15) is 107 Å². The molecule has 1 atom stereocenters. The lowest BCUT2D eigenvalue weighted by Crippen LogP contribution is -2.74. The number of nitrogens with one attached hydrogen (secondary N) is 2. The Morgan fingerprint density at radius 3 is 2.21 bits per heavy atom. The second-order valence-corrected chi connectivity index (χ2v) is 17.9. The van der Waals surface area contributed by atoms with Gasteiger partial charge < -0.3 is 19.9 Å². The first-order valence-corrected chi connectivity index (χ1v) is 20.1. The van der Waals surface area contributed by atoms with Crippen molar-refractivity contribution in [2.24, 2.45) is 16.7 Å². The first kappa shape index (κ1) is 38.6. The highest BCUT2D eigenvalue weighted by molar-refractivity contribution is 6.31. The number of nitrogens with zero attached hydrogens (tertiary/aromatic N) is 4. The number of carbonyl (C=O) groups is 5. The number of rotatable bonds is 8. The molecule has 0 aromatic heterocycles. The molecular formula is C44H47ClN6O6. The lowest BCUT2D eigenvalue weighted by atomic mass is 9.49. The van der Waals surface area contributed by atoms with Crippen molar-refractivity contribution in [3.63, 3.8) is 0 Å². The van der Waals surface area contributed by atoms with Crippen molar-refractivity contribution in [3.8, 4) is 11.8 Å². The smallest absolute Gasteiger partial charge is 0.255 e. The first-order chi connectivity index (χ1) is 27.1. The van der Waals surface area contributed by atoms with Crippen molar-refractivity contribution in [3.05, 3.63) is 98.6 Å². The van der Waals surface area contributed by atoms with E-state index in [2.05, 4.69) is 55.4 Å². The van der Waals surface area contributed by atoms with E-state index in [1.54, 1.807) is 47.4 Å². The maximum atomic E-state index is 13.5. The van der Waals surface area contributed by atoms with E-state index in [1.807, 2.05) is 11.0 Å². The lowest BCUT2D eigenvalue weighted by molar-refractivity contribution is -0.164. The number of nitriles is 1. The molecule has 0 radical (unpaired) electrons. The monoisotopic (exact) mass is 790 g/mol. The quantitative estimate of drug-likeness (QED) is 0.286. The third kappa shape index (κ3) is 7.06. The third-order valence-corrected chi connectivity index (χ3v) is 13.2. The first-order valence-electron chi connectivity index (χ1n) is 19.7. The summed E-state index contributed by atoms with van der Waals surface area (Å²) in [6.45, 7) is 12.4. The summed E-state index contributed by atoms with van der Waals surface area (Å²) in [5.41, 5.74) is 4.55. The zero-order valence-electron chi connectivity index (χ0n) is 32.7. The van der Waals surface area contributed by atoms with Crippen LogP contribution in [0.15, 0.2) is 54.6 Å². The highest BCUT2D eigenvalue weighted by atomic mass is 35.5. The maximum absolute atomic E-state index is 13.5. The molecule has 0 spiro atoms. The summed E-state index contributed by atoms with van der Waals surface area (Å²) in [6.07, 6.45) is 2.16. The highest BCUT2D eigenvalue weighted by Crippen LogP contribution is 2.55. The Kier molecular flexibility index (Phi) is 9.89. The molecule has 296 valence electrons. The number of imide groups is 1. The Balaban J connectivity index is 0.807. The number of likely N-dealkylation sites (tertiary alicyclic amines) is 1. The highest BCUT2D eigenvalue weighted by Gasteiger charge is 2.64. The fourth-order valence-corrected chi connectivity index (χ4v) is 10.3. The van der Waals surface area contributed by atoms with Crippen molar-refractivity contribution in [1.82, 2.24) is 25.3 Å². The van der Waals surface area contributed by atoms with E-state index < -0.39 is 22.8 Å². The summed E-state index contributed by atoms with van der Waals surface area (Å²) in [7, 11) is 0. The molecule has 1 saturated carbocycles. The van der Waals surface area contributed by atoms with Crippen LogP contribution in [-0.2, 0) is 29.2 Å². The van der Waals surface area contributed by atoms with Gasteiger partial charge in [0.05, 0.1) is 10.6 Å². The van der Waals surface area contributed by atoms with E-state index in [0.29, 0.717) is 65.0 Å². The molecular weight excluding hydrogens is 744 g/mol. The van der Waals surface area contributed by atoms with E-state index in [9.17, 15) is 29.2 Å². The van der Waals surface area contributed by atoms with Crippen molar-refractivity contribution in [2.75, 3.05) is 19.6 Å². The van der Waals surface area contributed by atoms with Crippen LogP contribution >= 0.6 is 11.6 Å². The maximum Gasteiger partial charge on any atom is 0.255 e. The number of ether oxygens (including phenoxy) is 1. The Bertz CT molecular complexity index is 2210. The number of fused-ring (bicyclic) bond motifs is 2. The van der Waals surface area contributed by atoms with Crippen molar-refractivity contribution < 1.29 is 28.7 Å². The molecule has 3 aromatic rings. The van der Waals surface area contributed by atoms with E-state index in [4.69, 9.17) is 16.3 Å². The SMILES string of the molecule is CC1(C)C(NC(=O)c2ccc(C(=O)N3CCC(CN4Cc5cc6c(cc5C4)C(=O)N(C4CCC(=O)NC4=O)C6)CC3)cc2)C(C)(C)C1Oc1ccc(C#N)c(Cl)c1. The van der Waals surface area contributed by atoms with Gasteiger partial charge in [-0.3, -0.25) is 34.2 Å². The summed E-state index contributed by atoms with van der Waals surface area (Å²) in [4.78, 5) is 70.3. The van der Waals surface area contributed by atoms with Crippen LogP contribution in [0.4, 0.5) is 0 Å². The zero-order valence-corrected chi connectivity index (χ0v) is 33.4. The molecule has 8 rings (SSSR count). The van der Waals surface area contributed by atoms with Crippen LogP contribution < -0.4 is 15.4 Å². The summed E-state index contributed by atoms with van der Waals surface area (Å²) < 4.78 is 6.35. The van der Waals surface area contributed by atoms with Gasteiger partial charge in [-0.15, -0.1) is 0 Å². The summed E-state index contributed by atoms with van der Waals surface area (Å²) in [6, 6.07) is 17.3. The van der Waals surface area contributed by atoms with Crippen LogP contribution in [0.2, 0.25) is 5.02 Å². The second kappa shape index (κ2) is 14.6. The minimum Gasteiger partial charge on any atom is -0.489 e. The van der Waals surface area contributed by atoms with Crippen molar-refractivity contribution in [2.45, 2.75) is 91.2 Å². The molecule has 13 heteroatoms. The normalized spacial score (nSPS) is 23.9. The van der Waals surface area contributed by atoms with Gasteiger partial charge in [-0.25, -0.2) is 0 Å². The molecule has 5 aliphatic rings. The minimum absolute atomic E-state index is 0.0383. The average Bonchev–Trinajstić information content (AvgIpc) is 3.73. The lowest BCUT2D eigenvalue weighted by Gasteiger charge is -2.63. The molecule has 57 heavy (non-hydrogen) atoms. The summed E-state index contributed by atoms with van der Waals surface area (Å²) in [5, 5.41) is 15.1. The number of piperidine rings is 2. The van der Waals surface area contributed by atoms with Crippen LogP contribution in [0.25, 0.3) is 0 Å². The van der Waals surface area contributed by atoms with Gasteiger partial charge in [0, 0.05) is 85.3 Å². The summed E-state index contributed by atoms with van der Waals surface area (Å²) in [5.74, 6) is -0.0730. The molecule has 4 aliphatic heterocycles. The largest absolute Gasteiger partial charge is 0.489 e. The number of hydrogen-bond acceptors (Lipinski definition) is 8. The predicted octanol–water partition coefficient (Wildman–Crippen LogP) is 5.45. The van der Waals surface area contributed by atoms with Crippen LogP contribution in [0.3, 0.4) is 0 Å². The number of hydrogen-bond donors (Lipinski definition) is 2.